The van der Waals surface area contributed by atoms with Crippen molar-refractivity contribution in [3.63, 3.8) is 0 Å². The van der Waals surface area contributed by atoms with E-state index in [9.17, 15) is 14.4 Å². The molecule has 0 saturated carbocycles. The third-order valence-corrected chi connectivity index (χ3v) is 4.53. The highest BCUT2D eigenvalue weighted by molar-refractivity contribution is 5.93. The van der Waals surface area contributed by atoms with Crippen LogP contribution in [0.2, 0.25) is 0 Å². The molecule has 1 aliphatic heterocycles. The fourth-order valence-corrected chi connectivity index (χ4v) is 3.01. The summed E-state index contributed by atoms with van der Waals surface area (Å²) < 4.78 is 0. The minimum absolute atomic E-state index is 0.0178. The Morgan fingerprint density at radius 2 is 1.75 bits per heavy atom. The molecule has 0 aliphatic carbocycles. The number of rotatable bonds is 4. The lowest BCUT2D eigenvalue weighted by Gasteiger charge is -2.32. The quantitative estimate of drug-likeness (QED) is 0.903. The van der Waals surface area contributed by atoms with E-state index in [-0.39, 0.29) is 23.6 Å². The highest BCUT2D eigenvalue weighted by atomic mass is 16.2. The first-order valence-electron chi connectivity index (χ1n) is 8.24. The zero-order valence-corrected chi connectivity index (χ0v) is 14.5. The van der Waals surface area contributed by atoms with Crippen LogP contribution in [-0.2, 0) is 16.1 Å². The monoisotopic (exact) mass is 331 g/mol. The second kappa shape index (κ2) is 7.95. The molecule has 0 unspecified atom stereocenters. The summed E-state index contributed by atoms with van der Waals surface area (Å²) in [7, 11) is 3.40. The van der Waals surface area contributed by atoms with Gasteiger partial charge < -0.3 is 15.1 Å². The molecule has 0 atom stereocenters. The van der Waals surface area contributed by atoms with Crippen molar-refractivity contribution in [1.29, 1.82) is 0 Å². The molecular formula is C18H25N3O3. The molecule has 1 heterocycles. The Morgan fingerprint density at radius 1 is 1.17 bits per heavy atom. The summed E-state index contributed by atoms with van der Waals surface area (Å²) >= 11 is 0. The highest BCUT2D eigenvalue weighted by Gasteiger charge is 2.28. The number of nitrogens with one attached hydrogen (secondary N) is 1. The molecule has 0 radical (unpaired) electrons. The van der Waals surface area contributed by atoms with Crippen LogP contribution in [0.1, 0.15) is 35.7 Å². The van der Waals surface area contributed by atoms with Crippen molar-refractivity contribution in [2.75, 3.05) is 27.2 Å². The maximum atomic E-state index is 12.6. The van der Waals surface area contributed by atoms with E-state index in [0.717, 1.165) is 18.4 Å². The molecule has 6 heteroatoms. The van der Waals surface area contributed by atoms with E-state index in [1.165, 1.54) is 0 Å². The van der Waals surface area contributed by atoms with Gasteiger partial charge in [-0.15, -0.1) is 0 Å². The van der Waals surface area contributed by atoms with Crippen molar-refractivity contribution >= 4 is 17.7 Å². The zero-order valence-electron chi connectivity index (χ0n) is 14.5. The first kappa shape index (κ1) is 18.0. The number of likely N-dealkylation sites (tertiary alicyclic amines) is 1. The number of benzene rings is 1. The standard InChI is InChI=1S/C18H25N3O3/c1-13(22)21-10-8-16(9-11-21)18(24)20(3)12-14-4-6-15(7-5-14)17(23)19-2/h4-7,16H,8-12H2,1-3H3,(H,19,23). The molecule has 2 rings (SSSR count). The van der Waals surface area contributed by atoms with Gasteiger partial charge in [-0.3, -0.25) is 14.4 Å². The van der Waals surface area contributed by atoms with Gasteiger partial charge in [0.15, 0.2) is 0 Å². The summed E-state index contributed by atoms with van der Waals surface area (Å²) in [5.74, 6) is 0.0537. The number of hydrogen-bond donors (Lipinski definition) is 1. The first-order valence-corrected chi connectivity index (χ1v) is 8.24. The maximum Gasteiger partial charge on any atom is 0.251 e. The predicted octanol–water partition coefficient (Wildman–Crippen LogP) is 1.26. The Labute approximate surface area is 142 Å². The Hall–Kier alpha value is -2.37. The Kier molecular flexibility index (Phi) is 5.95. The second-order valence-electron chi connectivity index (χ2n) is 6.25. The Morgan fingerprint density at radius 3 is 2.25 bits per heavy atom. The average Bonchev–Trinajstić information content (AvgIpc) is 2.61. The summed E-state index contributed by atoms with van der Waals surface area (Å²) in [4.78, 5) is 39.0. The lowest BCUT2D eigenvalue weighted by atomic mass is 9.95. The Bertz CT molecular complexity index is 604. The lowest BCUT2D eigenvalue weighted by molar-refractivity contribution is -0.139. The first-order chi connectivity index (χ1) is 11.4. The molecule has 24 heavy (non-hydrogen) atoms. The number of carbonyl (C=O) groups excluding carboxylic acids is 3. The topological polar surface area (TPSA) is 69.7 Å². The van der Waals surface area contributed by atoms with Gasteiger partial charge in [-0.05, 0) is 30.5 Å². The summed E-state index contributed by atoms with van der Waals surface area (Å²) in [6.07, 6.45) is 1.44. The molecule has 0 bridgehead atoms. The SMILES string of the molecule is CNC(=O)c1ccc(CN(C)C(=O)C2CCN(C(C)=O)CC2)cc1. The third-order valence-electron chi connectivity index (χ3n) is 4.53. The van der Waals surface area contributed by atoms with Gasteiger partial charge in [0, 0.05) is 52.1 Å². The van der Waals surface area contributed by atoms with Gasteiger partial charge >= 0.3 is 0 Å². The molecule has 1 aromatic carbocycles. The number of amides is 3. The normalized spacial score (nSPS) is 15.0. The zero-order chi connectivity index (χ0) is 17.7. The van der Waals surface area contributed by atoms with Crippen molar-refractivity contribution in [3.05, 3.63) is 35.4 Å². The minimum Gasteiger partial charge on any atom is -0.355 e. The van der Waals surface area contributed by atoms with Gasteiger partial charge in [0.25, 0.3) is 5.91 Å². The number of hydrogen-bond acceptors (Lipinski definition) is 3. The minimum atomic E-state index is -0.122. The van der Waals surface area contributed by atoms with Crippen molar-refractivity contribution in [2.24, 2.45) is 5.92 Å². The van der Waals surface area contributed by atoms with Gasteiger partial charge in [0.05, 0.1) is 0 Å². The van der Waals surface area contributed by atoms with Gasteiger partial charge in [0.1, 0.15) is 0 Å². The van der Waals surface area contributed by atoms with E-state index >= 15 is 0 Å². The molecule has 1 fully saturated rings. The largest absolute Gasteiger partial charge is 0.355 e. The van der Waals surface area contributed by atoms with Gasteiger partial charge in [-0.25, -0.2) is 0 Å². The van der Waals surface area contributed by atoms with E-state index in [1.807, 2.05) is 12.1 Å². The molecule has 0 aromatic heterocycles. The van der Waals surface area contributed by atoms with Crippen LogP contribution in [0.3, 0.4) is 0 Å². The van der Waals surface area contributed by atoms with Crippen molar-refractivity contribution in [1.82, 2.24) is 15.1 Å². The molecule has 3 amide bonds. The second-order valence-corrected chi connectivity index (χ2v) is 6.25. The lowest BCUT2D eigenvalue weighted by Crippen LogP contribution is -2.42. The summed E-state index contributed by atoms with van der Waals surface area (Å²) in [6.45, 7) is 3.39. The molecule has 1 N–H and O–H groups in total. The molecule has 1 aromatic rings. The molecular weight excluding hydrogens is 306 g/mol. The molecule has 130 valence electrons. The number of carbonyl (C=O) groups is 3. The molecule has 0 spiro atoms. The van der Waals surface area contributed by atoms with Gasteiger partial charge in [0.2, 0.25) is 11.8 Å². The Balaban J connectivity index is 1.90. The van der Waals surface area contributed by atoms with Gasteiger partial charge in [-0.1, -0.05) is 12.1 Å². The van der Waals surface area contributed by atoms with E-state index in [2.05, 4.69) is 5.32 Å². The fourth-order valence-electron chi connectivity index (χ4n) is 3.01. The number of piperidine rings is 1. The third kappa shape index (κ3) is 4.34. The van der Waals surface area contributed by atoms with Crippen LogP contribution in [0.4, 0.5) is 0 Å². The van der Waals surface area contributed by atoms with Crippen LogP contribution < -0.4 is 5.32 Å². The summed E-state index contributed by atoms with van der Waals surface area (Å²) in [5, 5.41) is 2.58. The highest BCUT2D eigenvalue weighted by Crippen LogP contribution is 2.20. The predicted molar refractivity (Wildman–Crippen MR) is 91.3 cm³/mol. The fraction of sp³-hybridized carbons (Fsp3) is 0.500. The van der Waals surface area contributed by atoms with Crippen LogP contribution in [0.5, 0.6) is 0 Å². The van der Waals surface area contributed by atoms with Crippen LogP contribution in [-0.4, -0.2) is 54.7 Å². The maximum absolute atomic E-state index is 12.6. The smallest absolute Gasteiger partial charge is 0.251 e. The molecule has 6 nitrogen and oxygen atoms in total. The van der Waals surface area contributed by atoms with E-state index in [0.29, 0.717) is 25.2 Å². The van der Waals surface area contributed by atoms with Crippen LogP contribution in [0.15, 0.2) is 24.3 Å². The van der Waals surface area contributed by atoms with E-state index in [1.54, 1.807) is 43.0 Å². The number of nitrogens with zero attached hydrogens (tertiary/aromatic N) is 2. The van der Waals surface area contributed by atoms with E-state index < -0.39 is 0 Å². The van der Waals surface area contributed by atoms with Crippen LogP contribution in [0.25, 0.3) is 0 Å². The van der Waals surface area contributed by atoms with Gasteiger partial charge in [-0.2, -0.15) is 0 Å². The molecule has 1 aliphatic rings. The summed E-state index contributed by atoms with van der Waals surface area (Å²) in [5.41, 5.74) is 1.59. The van der Waals surface area contributed by atoms with Crippen molar-refractivity contribution in [2.45, 2.75) is 26.3 Å². The summed E-state index contributed by atoms with van der Waals surface area (Å²) in [6, 6.07) is 7.26. The molecule has 1 saturated heterocycles. The van der Waals surface area contributed by atoms with Crippen molar-refractivity contribution in [3.8, 4) is 0 Å². The van der Waals surface area contributed by atoms with E-state index in [4.69, 9.17) is 0 Å². The average molecular weight is 331 g/mol. The van der Waals surface area contributed by atoms with Crippen LogP contribution >= 0.6 is 0 Å². The van der Waals surface area contributed by atoms with Crippen molar-refractivity contribution < 1.29 is 14.4 Å². The van der Waals surface area contributed by atoms with Crippen LogP contribution in [0, 0.1) is 5.92 Å².